The molecule has 0 aromatic heterocycles. The van der Waals surface area contributed by atoms with Crippen LogP contribution in [0.15, 0.2) is 71.2 Å². The first-order chi connectivity index (χ1) is 16.7. The molecule has 1 aliphatic heterocycles. The summed E-state index contributed by atoms with van der Waals surface area (Å²) in [7, 11) is 3.11. The second kappa shape index (κ2) is 9.49. The maximum absolute atomic E-state index is 13.8. The highest BCUT2D eigenvalue weighted by molar-refractivity contribution is 6.05. The second-order valence-electron chi connectivity index (χ2n) is 9.54. The largest absolute Gasteiger partial charge is 0.493 e. The van der Waals surface area contributed by atoms with Crippen molar-refractivity contribution in [2.75, 3.05) is 25.7 Å². The minimum atomic E-state index is -0.688. The van der Waals surface area contributed by atoms with Crippen LogP contribution in [0, 0.1) is 5.41 Å². The number of hydrogen-bond donors (Lipinski definition) is 1. The van der Waals surface area contributed by atoms with Gasteiger partial charge in [0.2, 0.25) is 0 Å². The van der Waals surface area contributed by atoms with Crippen LogP contribution in [-0.4, -0.2) is 32.6 Å². The van der Waals surface area contributed by atoms with Crippen LogP contribution in [0.2, 0.25) is 0 Å². The summed E-state index contributed by atoms with van der Waals surface area (Å²) in [6, 6.07) is 15.0. The molecule has 184 valence electrons. The lowest BCUT2D eigenvalue weighted by Crippen LogP contribution is -2.43. The van der Waals surface area contributed by atoms with Crippen molar-refractivity contribution >= 4 is 17.4 Å². The van der Waals surface area contributed by atoms with E-state index in [0.717, 1.165) is 11.4 Å². The van der Waals surface area contributed by atoms with Gasteiger partial charge in [-0.15, -0.1) is 0 Å². The number of allylic oxidation sites excluding steroid dienone is 2. The van der Waals surface area contributed by atoms with Gasteiger partial charge in [-0.3, -0.25) is 9.69 Å². The first-order valence-corrected chi connectivity index (χ1v) is 11.7. The summed E-state index contributed by atoms with van der Waals surface area (Å²) in [5.74, 6) is 0.0770. The number of Topliss-reactive ketones (excluding diaryl/α,β-unsaturated/α-hetero) is 1. The third-order valence-corrected chi connectivity index (χ3v) is 6.51. The Hall–Kier alpha value is -3.74. The number of para-hydroxylation sites is 1. The Morgan fingerprint density at radius 3 is 2.37 bits per heavy atom. The van der Waals surface area contributed by atoms with E-state index in [1.807, 2.05) is 41.3 Å². The Morgan fingerprint density at radius 2 is 1.74 bits per heavy atom. The lowest BCUT2D eigenvalue weighted by Gasteiger charge is -2.44. The van der Waals surface area contributed by atoms with Gasteiger partial charge in [-0.1, -0.05) is 38.1 Å². The van der Waals surface area contributed by atoms with Gasteiger partial charge in [0.15, 0.2) is 17.3 Å². The summed E-state index contributed by atoms with van der Waals surface area (Å²) in [6.07, 6.45) is 0.998. The van der Waals surface area contributed by atoms with E-state index in [2.05, 4.69) is 13.8 Å². The van der Waals surface area contributed by atoms with Crippen LogP contribution in [0.5, 0.6) is 11.5 Å². The van der Waals surface area contributed by atoms with Crippen molar-refractivity contribution in [3.63, 3.8) is 0 Å². The van der Waals surface area contributed by atoms with Gasteiger partial charge in [0.1, 0.15) is 5.82 Å². The Kier molecular flexibility index (Phi) is 6.61. The summed E-state index contributed by atoms with van der Waals surface area (Å²) in [5.41, 5.74) is 9.65. The number of ketones is 1. The number of carbonyl (C=O) groups is 2. The van der Waals surface area contributed by atoms with Crippen LogP contribution < -0.4 is 20.1 Å². The zero-order valence-corrected chi connectivity index (χ0v) is 20.9. The maximum Gasteiger partial charge on any atom is 0.338 e. The van der Waals surface area contributed by atoms with Crippen molar-refractivity contribution in [3.05, 3.63) is 76.8 Å². The van der Waals surface area contributed by atoms with Crippen LogP contribution >= 0.6 is 0 Å². The number of anilines is 1. The van der Waals surface area contributed by atoms with E-state index in [0.29, 0.717) is 35.5 Å². The molecule has 0 saturated heterocycles. The number of ether oxygens (including phenoxy) is 3. The maximum atomic E-state index is 13.8. The molecule has 0 spiro atoms. The van der Waals surface area contributed by atoms with Crippen LogP contribution in [0.3, 0.4) is 0 Å². The van der Waals surface area contributed by atoms with Gasteiger partial charge in [0.05, 0.1) is 32.3 Å². The fourth-order valence-electron chi connectivity index (χ4n) is 5.06. The molecule has 35 heavy (non-hydrogen) atoms. The van der Waals surface area contributed by atoms with Crippen LogP contribution in [0.25, 0.3) is 0 Å². The minimum absolute atomic E-state index is 0.00809. The van der Waals surface area contributed by atoms with Crippen molar-refractivity contribution in [1.82, 2.24) is 0 Å². The second-order valence-corrected chi connectivity index (χ2v) is 9.54. The van der Waals surface area contributed by atoms with Gasteiger partial charge in [0.25, 0.3) is 0 Å². The van der Waals surface area contributed by atoms with E-state index < -0.39 is 11.9 Å². The van der Waals surface area contributed by atoms with E-state index in [9.17, 15) is 9.59 Å². The van der Waals surface area contributed by atoms with Crippen LogP contribution in [0.1, 0.15) is 45.1 Å². The summed E-state index contributed by atoms with van der Waals surface area (Å²) < 4.78 is 16.4. The lowest BCUT2D eigenvalue weighted by molar-refractivity contribution is -0.138. The number of carbonyl (C=O) groups excluding carboxylic acids is 2. The molecule has 2 aromatic rings. The molecule has 2 aromatic carbocycles. The van der Waals surface area contributed by atoms with Gasteiger partial charge in [-0.2, -0.15) is 0 Å². The molecule has 0 bridgehead atoms. The Labute approximate surface area is 206 Å². The quantitative estimate of drug-likeness (QED) is 0.605. The van der Waals surface area contributed by atoms with Gasteiger partial charge in [0, 0.05) is 23.4 Å². The predicted molar refractivity (Wildman–Crippen MR) is 134 cm³/mol. The van der Waals surface area contributed by atoms with E-state index in [1.165, 1.54) is 0 Å². The lowest BCUT2D eigenvalue weighted by atomic mass is 9.68. The smallest absolute Gasteiger partial charge is 0.338 e. The normalized spacial score (nSPS) is 19.4. The number of hydrogen-bond acceptors (Lipinski definition) is 7. The number of nitrogens with zero attached hydrogens (tertiary/aromatic N) is 1. The average Bonchev–Trinajstić information content (AvgIpc) is 2.82. The molecule has 4 rings (SSSR count). The minimum Gasteiger partial charge on any atom is -0.493 e. The Balaban J connectivity index is 2.03. The first kappa shape index (κ1) is 24.4. The van der Waals surface area contributed by atoms with Crippen molar-refractivity contribution in [3.8, 4) is 11.5 Å². The highest BCUT2D eigenvalue weighted by Gasteiger charge is 2.46. The van der Waals surface area contributed by atoms with Gasteiger partial charge < -0.3 is 19.9 Å². The van der Waals surface area contributed by atoms with Crippen molar-refractivity contribution in [2.45, 2.75) is 39.5 Å². The summed E-state index contributed by atoms with van der Waals surface area (Å²) in [4.78, 5) is 29.0. The third-order valence-electron chi connectivity index (χ3n) is 6.51. The summed E-state index contributed by atoms with van der Waals surface area (Å²) >= 11 is 0. The van der Waals surface area contributed by atoms with Crippen molar-refractivity contribution < 1.29 is 23.8 Å². The summed E-state index contributed by atoms with van der Waals surface area (Å²) in [5, 5.41) is 0. The number of esters is 1. The van der Waals surface area contributed by atoms with Gasteiger partial charge in [-0.25, -0.2) is 4.79 Å². The first-order valence-electron chi connectivity index (χ1n) is 11.7. The molecule has 0 amide bonds. The van der Waals surface area contributed by atoms with E-state index in [1.54, 1.807) is 33.3 Å². The number of benzene rings is 2. The highest BCUT2D eigenvalue weighted by Crippen LogP contribution is 2.51. The molecule has 0 unspecified atom stereocenters. The predicted octanol–water partition coefficient (Wildman–Crippen LogP) is 4.68. The average molecular weight is 477 g/mol. The standard InChI is InChI=1S/C28H32N2O5/c1-6-35-27(32)25-23(17-12-13-21(33-4)22(14-17)34-5)24-19(15-28(2,3)16-20(24)31)30(26(25)29)18-10-8-7-9-11-18/h7-14,23H,6,15-16,29H2,1-5H3/t23-/m1/s1. The van der Waals surface area contributed by atoms with Gasteiger partial charge in [-0.05, 0) is 48.6 Å². The fraction of sp³-hybridized carbons (Fsp3) is 0.357. The number of rotatable bonds is 6. The van der Waals surface area contributed by atoms with Gasteiger partial charge >= 0.3 is 5.97 Å². The van der Waals surface area contributed by atoms with E-state index >= 15 is 0 Å². The van der Waals surface area contributed by atoms with Crippen molar-refractivity contribution in [1.29, 1.82) is 0 Å². The molecule has 0 saturated carbocycles. The number of nitrogens with two attached hydrogens (primary N) is 1. The monoisotopic (exact) mass is 476 g/mol. The Morgan fingerprint density at radius 1 is 1.06 bits per heavy atom. The third kappa shape index (κ3) is 4.38. The number of methoxy groups -OCH3 is 2. The summed E-state index contributed by atoms with van der Waals surface area (Å²) in [6.45, 7) is 6.08. The van der Waals surface area contributed by atoms with E-state index in [4.69, 9.17) is 19.9 Å². The Bertz CT molecular complexity index is 1210. The highest BCUT2D eigenvalue weighted by atomic mass is 16.5. The zero-order valence-electron chi connectivity index (χ0n) is 20.9. The van der Waals surface area contributed by atoms with Crippen molar-refractivity contribution in [2.24, 2.45) is 11.1 Å². The van der Waals surface area contributed by atoms with Crippen LogP contribution in [-0.2, 0) is 14.3 Å². The molecule has 0 fully saturated rings. The van der Waals surface area contributed by atoms with Crippen LogP contribution in [0.4, 0.5) is 5.69 Å². The molecule has 1 atom stereocenters. The molecule has 1 aliphatic carbocycles. The molecule has 7 heteroatoms. The topological polar surface area (TPSA) is 91.1 Å². The van der Waals surface area contributed by atoms with E-state index in [-0.39, 0.29) is 29.2 Å². The molecule has 2 aliphatic rings. The zero-order chi connectivity index (χ0) is 25.3. The molecule has 2 N–H and O–H groups in total. The molecule has 0 radical (unpaired) electrons. The molecular weight excluding hydrogens is 444 g/mol. The molecule has 1 heterocycles. The fourth-order valence-corrected chi connectivity index (χ4v) is 5.06. The SMILES string of the molecule is CCOC(=O)C1=C(N)N(c2ccccc2)C2=C(C(=O)CC(C)(C)C2)[C@H]1c1ccc(OC)c(OC)c1. The molecular formula is C28H32N2O5. The molecule has 7 nitrogen and oxygen atoms in total.